The molecular weight excluding hydrogens is 222 g/mol. The highest BCUT2D eigenvalue weighted by atomic mass is 16.5. The van der Waals surface area contributed by atoms with Crippen molar-refractivity contribution in [3.8, 4) is 5.75 Å². The maximum absolute atomic E-state index is 11.6. The molecule has 2 rings (SSSR count). The lowest BCUT2D eigenvalue weighted by atomic mass is 10.1. The third-order valence-corrected chi connectivity index (χ3v) is 2.24. The first-order valence-corrected chi connectivity index (χ1v) is 5.04. The number of ketones is 1. The fourth-order valence-electron chi connectivity index (χ4n) is 1.51. The molecule has 5 heteroatoms. The van der Waals surface area contributed by atoms with E-state index in [4.69, 9.17) is 9.84 Å². The third kappa shape index (κ3) is 2.44. The Kier molecular flexibility index (Phi) is 2.82. The Morgan fingerprint density at radius 1 is 1.53 bits per heavy atom. The van der Waals surface area contributed by atoms with Gasteiger partial charge in [0.1, 0.15) is 5.75 Å². The standard InChI is InChI=1S/C12H11NO4/c1-7(14)4-10(15)8-2-3-11-9(5-8)13-12(16)6-17-11/h2-5,14H,6H2,1H3,(H,13,16)/b7-4-. The number of carbonyl (C=O) groups excluding carboxylic acids is 2. The largest absolute Gasteiger partial charge is 0.512 e. The van der Waals surface area contributed by atoms with Gasteiger partial charge in [-0.25, -0.2) is 0 Å². The van der Waals surface area contributed by atoms with Crippen molar-refractivity contribution in [2.45, 2.75) is 6.92 Å². The minimum atomic E-state index is -0.326. The molecule has 2 N–H and O–H groups in total. The van der Waals surface area contributed by atoms with E-state index in [0.717, 1.165) is 6.08 Å². The van der Waals surface area contributed by atoms with Gasteiger partial charge < -0.3 is 15.2 Å². The van der Waals surface area contributed by atoms with E-state index in [-0.39, 0.29) is 24.1 Å². The van der Waals surface area contributed by atoms with Crippen molar-refractivity contribution in [1.82, 2.24) is 0 Å². The van der Waals surface area contributed by atoms with E-state index < -0.39 is 0 Å². The van der Waals surface area contributed by atoms with Crippen molar-refractivity contribution in [2.24, 2.45) is 0 Å². The smallest absolute Gasteiger partial charge is 0.262 e. The zero-order valence-electron chi connectivity index (χ0n) is 9.19. The Hall–Kier alpha value is -2.30. The predicted molar refractivity (Wildman–Crippen MR) is 61.3 cm³/mol. The number of amides is 1. The van der Waals surface area contributed by atoms with Gasteiger partial charge in [-0.15, -0.1) is 0 Å². The summed E-state index contributed by atoms with van der Waals surface area (Å²) in [5.74, 6) is -0.109. The summed E-state index contributed by atoms with van der Waals surface area (Å²) in [6.45, 7) is 1.40. The molecule has 0 aromatic heterocycles. The molecule has 0 spiro atoms. The Morgan fingerprint density at radius 3 is 3.00 bits per heavy atom. The molecule has 1 amide bonds. The first-order chi connectivity index (χ1) is 8.06. The van der Waals surface area contributed by atoms with Crippen LogP contribution in [0.1, 0.15) is 17.3 Å². The highest BCUT2D eigenvalue weighted by Gasteiger charge is 2.17. The van der Waals surface area contributed by atoms with Gasteiger partial charge >= 0.3 is 0 Å². The molecule has 1 heterocycles. The van der Waals surface area contributed by atoms with Crippen LogP contribution < -0.4 is 10.1 Å². The average Bonchev–Trinajstić information content (AvgIpc) is 2.27. The molecular formula is C12H11NO4. The van der Waals surface area contributed by atoms with Crippen LogP contribution in [0.3, 0.4) is 0 Å². The minimum Gasteiger partial charge on any atom is -0.512 e. The number of benzene rings is 1. The fourth-order valence-corrected chi connectivity index (χ4v) is 1.51. The van der Waals surface area contributed by atoms with E-state index in [9.17, 15) is 9.59 Å². The molecule has 1 aliphatic heterocycles. The van der Waals surface area contributed by atoms with E-state index in [2.05, 4.69) is 5.32 Å². The maximum atomic E-state index is 11.6. The van der Waals surface area contributed by atoms with Crippen molar-refractivity contribution in [2.75, 3.05) is 11.9 Å². The normalized spacial score (nSPS) is 14.6. The number of carbonyl (C=O) groups is 2. The van der Waals surface area contributed by atoms with Gasteiger partial charge in [-0.1, -0.05) is 0 Å². The quantitative estimate of drug-likeness (QED) is 0.462. The highest BCUT2D eigenvalue weighted by Crippen LogP contribution is 2.28. The monoisotopic (exact) mass is 233 g/mol. The Morgan fingerprint density at radius 2 is 2.29 bits per heavy atom. The number of hydrogen-bond donors (Lipinski definition) is 2. The van der Waals surface area contributed by atoms with Gasteiger partial charge in [-0.05, 0) is 25.1 Å². The number of anilines is 1. The van der Waals surface area contributed by atoms with Gasteiger partial charge in [0.2, 0.25) is 0 Å². The Balaban J connectivity index is 2.33. The minimum absolute atomic E-state index is 0.0179. The molecule has 0 saturated carbocycles. The van der Waals surface area contributed by atoms with Crippen LogP contribution in [-0.4, -0.2) is 23.4 Å². The van der Waals surface area contributed by atoms with Crippen LogP contribution in [0.4, 0.5) is 5.69 Å². The summed E-state index contributed by atoms with van der Waals surface area (Å²) in [5.41, 5.74) is 0.846. The second kappa shape index (κ2) is 4.29. The zero-order valence-corrected chi connectivity index (χ0v) is 9.19. The molecule has 0 saturated heterocycles. The molecule has 88 valence electrons. The number of aliphatic hydroxyl groups excluding tert-OH is 1. The summed E-state index contributed by atoms with van der Waals surface area (Å²) >= 11 is 0. The van der Waals surface area contributed by atoms with Crippen molar-refractivity contribution in [3.05, 3.63) is 35.6 Å². The second-order valence-electron chi connectivity index (χ2n) is 3.70. The lowest BCUT2D eigenvalue weighted by Crippen LogP contribution is -2.25. The molecule has 0 radical (unpaired) electrons. The fraction of sp³-hybridized carbons (Fsp3) is 0.167. The summed E-state index contributed by atoms with van der Waals surface area (Å²) in [6, 6.07) is 4.72. The van der Waals surface area contributed by atoms with E-state index in [1.54, 1.807) is 12.1 Å². The van der Waals surface area contributed by atoms with E-state index in [1.807, 2.05) is 0 Å². The van der Waals surface area contributed by atoms with Gasteiger partial charge in [-0.2, -0.15) is 0 Å². The lowest BCUT2D eigenvalue weighted by Gasteiger charge is -2.17. The first kappa shape index (κ1) is 11.2. The number of hydrogen-bond acceptors (Lipinski definition) is 4. The molecule has 1 aromatic rings. The molecule has 1 aliphatic rings. The summed E-state index contributed by atoms with van der Waals surface area (Å²) in [5, 5.41) is 11.6. The number of rotatable bonds is 2. The van der Waals surface area contributed by atoms with E-state index >= 15 is 0 Å². The highest BCUT2D eigenvalue weighted by molar-refractivity contribution is 6.06. The van der Waals surface area contributed by atoms with Gasteiger partial charge in [0.25, 0.3) is 5.91 Å². The molecule has 0 fully saturated rings. The summed E-state index contributed by atoms with van der Waals surface area (Å²) in [4.78, 5) is 22.7. The maximum Gasteiger partial charge on any atom is 0.262 e. The zero-order chi connectivity index (χ0) is 12.4. The number of allylic oxidation sites excluding steroid dienone is 2. The molecule has 0 aliphatic carbocycles. The second-order valence-corrected chi connectivity index (χ2v) is 3.70. The topological polar surface area (TPSA) is 75.6 Å². The van der Waals surface area contributed by atoms with E-state index in [0.29, 0.717) is 17.0 Å². The number of ether oxygens (including phenoxy) is 1. The number of fused-ring (bicyclic) bond motifs is 1. The van der Waals surface area contributed by atoms with Crippen LogP contribution in [-0.2, 0) is 4.79 Å². The number of nitrogens with one attached hydrogen (secondary N) is 1. The van der Waals surface area contributed by atoms with Crippen LogP contribution in [0.15, 0.2) is 30.0 Å². The third-order valence-electron chi connectivity index (χ3n) is 2.24. The van der Waals surface area contributed by atoms with Crippen LogP contribution in [0.5, 0.6) is 5.75 Å². The molecule has 0 unspecified atom stereocenters. The van der Waals surface area contributed by atoms with E-state index in [1.165, 1.54) is 13.0 Å². The van der Waals surface area contributed by atoms with Crippen LogP contribution >= 0.6 is 0 Å². The van der Waals surface area contributed by atoms with Crippen LogP contribution in [0.25, 0.3) is 0 Å². The SMILES string of the molecule is C/C(O)=C/C(=O)c1ccc2c(c1)NC(=O)CO2. The van der Waals surface area contributed by atoms with Gasteiger partial charge in [0.05, 0.1) is 11.4 Å². The average molecular weight is 233 g/mol. The van der Waals surface area contributed by atoms with Crippen molar-refractivity contribution >= 4 is 17.4 Å². The van der Waals surface area contributed by atoms with Crippen molar-refractivity contribution in [1.29, 1.82) is 0 Å². The predicted octanol–water partition coefficient (Wildman–Crippen LogP) is 1.66. The molecule has 17 heavy (non-hydrogen) atoms. The molecule has 5 nitrogen and oxygen atoms in total. The van der Waals surface area contributed by atoms with Crippen molar-refractivity contribution < 1.29 is 19.4 Å². The summed E-state index contributed by atoms with van der Waals surface area (Å²) in [6.07, 6.45) is 1.12. The van der Waals surface area contributed by atoms with Gasteiger partial charge in [-0.3, -0.25) is 9.59 Å². The molecule has 0 atom stereocenters. The first-order valence-electron chi connectivity index (χ1n) is 5.04. The molecule has 1 aromatic carbocycles. The van der Waals surface area contributed by atoms with Crippen LogP contribution in [0.2, 0.25) is 0 Å². The van der Waals surface area contributed by atoms with Crippen LogP contribution in [0, 0.1) is 0 Å². The summed E-state index contributed by atoms with van der Waals surface area (Å²) in [7, 11) is 0. The Labute approximate surface area is 97.7 Å². The molecule has 0 bridgehead atoms. The number of aliphatic hydroxyl groups is 1. The van der Waals surface area contributed by atoms with Gasteiger partial charge in [0.15, 0.2) is 12.4 Å². The lowest BCUT2D eigenvalue weighted by molar-refractivity contribution is -0.118. The summed E-state index contributed by atoms with van der Waals surface area (Å²) < 4.78 is 5.16. The van der Waals surface area contributed by atoms with Gasteiger partial charge in [0, 0.05) is 11.6 Å². The Bertz CT molecular complexity index is 515. The van der Waals surface area contributed by atoms with Crippen molar-refractivity contribution in [3.63, 3.8) is 0 Å².